The monoisotopic (exact) mass is 253 g/mol. The van der Waals surface area contributed by atoms with Gasteiger partial charge in [0.1, 0.15) is 0 Å². The zero-order valence-corrected chi connectivity index (χ0v) is 10.9. The topological polar surface area (TPSA) is 49.3 Å². The van der Waals surface area contributed by atoms with E-state index in [1.807, 2.05) is 38.1 Å². The maximum atomic E-state index is 12.0. The molecular formula is C16H15NO2. The Hall–Kier alpha value is -2.13. The maximum Gasteiger partial charge on any atom is 0.254 e. The number of rotatable bonds is 1. The number of hydrogen-bond acceptors (Lipinski definition) is 2. The van der Waals surface area contributed by atoms with Crippen LogP contribution in [0.4, 0.5) is 0 Å². The smallest absolute Gasteiger partial charge is 0.254 e. The first-order valence-electron chi connectivity index (χ1n) is 6.24. The van der Waals surface area contributed by atoms with Gasteiger partial charge in [0, 0.05) is 16.7 Å². The van der Waals surface area contributed by atoms with E-state index in [1.165, 1.54) is 0 Å². The zero-order valence-electron chi connectivity index (χ0n) is 10.9. The molecule has 0 aromatic heterocycles. The number of amides is 1. The minimum atomic E-state index is -1.43. The van der Waals surface area contributed by atoms with Gasteiger partial charge in [-0.1, -0.05) is 42.0 Å². The second-order valence-corrected chi connectivity index (χ2v) is 5.03. The molecule has 0 unspecified atom stereocenters. The number of nitrogens with one attached hydrogen (secondary N) is 1. The summed E-state index contributed by atoms with van der Waals surface area (Å²) in [6.45, 7) is 3.94. The highest BCUT2D eigenvalue weighted by Gasteiger charge is 2.43. The molecule has 2 aromatic carbocycles. The average Bonchev–Trinajstić information content (AvgIpc) is 2.63. The summed E-state index contributed by atoms with van der Waals surface area (Å²) in [5, 5.41) is 13.6. The second-order valence-electron chi connectivity index (χ2n) is 5.03. The van der Waals surface area contributed by atoms with Gasteiger partial charge in [0.2, 0.25) is 0 Å². The van der Waals surface area contributed by atoms with Crippen molar-refractivity contribution in [3.63, 3.8) is 0 Å². The molecule has 2 aromatic rings. The highest BCUT2D eigenvalue weighted by atomic mass is 16.3. The molecule has 1 atom stereocenters. The number of benzene rings is 2. The number of aliphatic hydroxyl groups is 1. The Bertz CT molecular complexity index is 678. The Balaban J connectivity index is 2.23. The van der Waals surface area contributed by atoms with Crippen LogP contribution in [0.1, 0.15) is 32.6 Å². The van der Waals surface area contributed by atoms with Gasteiger partial charge >= 0.3 is 0 Å². The van der Waals surface area contributed by atoms with Crippen molar-refractivity contribution >= 4 is 5.91 Å². The molecule has 96 valence electrons. The lowest BCUT2D eigenvalue weighted by Crippen LogP contribution is -2.40. The van der Waals surface area contributed by atoms with Crippen LogP contribution >= 0.6 is 0 Å². The molecule has 1 aliphatic rings. The first kappa shape index (κ1) is 11.9. The molecule has 0 radical (unpaired) electrons. The summed E-state index contributed by atoms with van der Waals surface area (Å²) in [6, 6.07) is 12.9. The van der Waals surface area contributed by atoms with E-state index in [1.54, 1.807) is 18.2 Å². The fourth-order valence-electron chi connectivity index (χ4n) is 2.73. The highest BCUT2D eigenvalue weighted by Crippen LogP contribution is 2.36. The normalized spacial score (nSPS) is 21.1. The van der Waals surface area contributed by atoms with Crippen LogP contribution in [-0.4, -0.2) is 11.0 Å². The minimum absolute atomic E-state index is 0.238. The third-order valence-corrected chi connectivity index (χ3v) is 3.63. The summed E-state index contributed by atoms with van der Waals surface area (Å²) in [6.07, 6.45) is 0. The van der Waals surface area contributed by atoms with Gasteiger partial charge in [-0.3, -0.25) is 4.79 Å². The molecule has 0 saturated heterocycles. The summed E-state index contributed by atoms with van der Waals surface area (Å²) in [5.74, 6) is -0.238. The standard InChI is InChI=1S/C16H15NO2/c1-10-7-8-13(11(2)9-10)16(19)14-6-4-3-5-12(14)15(18)17-16/h3-9,19H,1-2H3,(H,17,18)/t16-/m0/s1. The average molecular weight is 253 g/mol. The Morgan fingerprint density at radius 3 is 2.53 bits per heavy atom. The SMILES string of the molecule is Cc1ccc([C@@]2(O)NC(=O)c3ccccc32)c(C)c1. The van der Waals surface area contributed by atoms with E-state index in [9.17, 15) is 9.90 Å². The van der Waals surface area contributed by atoms with Crippen LogP contribution in [0.15, 0.2) is 42.5 Å². The summed E-state index contributed by atoms with van der Waals surface area (Å²) in [4.78, 5) is 12.0. The summed E-state index contributed by atoms with van der Waals surface area (Å²) in [5.41, 5.74) is 2.53. The highest BCUT2D eigenvalue weighted by molar-refractivity contribution is 6.00. The molecule has 1 heterocycles. The van der Waals surface area contributed by atoms with E-state index in [-0.39, 0.29) is 5.91 Å². The minimum Gasteiger partial charge on any atom is -0.363 e. The predicted molar refractivity (Wildman–Crippen MR) is 72.8 cm³/mol. The number of carbonyl (C=O) groups excluding carboxylic acids is 1. The Labute approximate surface area is 111 Å². The van der Waals surface area contributed by atoms with Crippen LogP contribution < -0.4 is 5.32 Å². The van der Waals surface area contributed by atoms with Crippen LogP contribution in [0.2, 0.25) is 0 Å². The van der Waals surface area contributed by atoms with E-state index in [4.69, 9.17) is 0 Å². The predicted octanol–water partition coefficient (Wildman–Crippen LogP) is 2.24. The second kappa shape index (κ2) is 3.93. The lowest BCUT2D eigenvalue weighted by atomic mass is 9.91. The molecule has 0 aliphatic carbocycles. The number of hydrogen-bond donors (Lipinski definition) is 2. The lowest BCUT2D eigenvalue weighted by molar-refractivity contribution is 0.0472. The van der Waals surface area contributed by atoms with E-state index in [2.05, 4.69) is 5.32 Å². The van der Waals surface area contributed by atoms with Crippen molar-refractivity contribution in [3.05, 3.63) is 70.3 Å². The fraction of sp³-hybridized carbons (Fsp3) is 0.188. The molecule has 3 heteroatoms. The molecule has 1 amide bonds. The summed E-state index contributed by atoms with van der Waals surface area (Å²) in [7, 11) is 0. The molecule has 2 N–H and O–H groups in total. The molecule has 0 fully saturated rings. The van der Waals surface area contributed by atoms with E-state index in [0.29, 0.717) is 11.1 Å². The van der Waals surface area contributed by atoms with Gasteiger partial charge in [-0.05, 0) is 25.5 Å². The van der Waals surface area contributed by atoms with Crippen LogP contribution in [0.5, 0.6) is 0 Å². The van der Waals surface area contributed by atoms with Crippen molar-refractivity contribution < 1.29 is 9.90 Å². The first-order valence-corrected chi connectivity index (χ1v) is 6.24. The van der Waals surface area contributed by atoms with Gasteiger partial charge < -0.3 is 10.4 Å². The molecule has 0 saturated carbocycles. The van der Waals surface area contributed by atoms with Gasteiger partial charge in [0.25, 0.3) is 5.91 Å². The van der Waals surface area contributed by atoms with Gasteiger partial charge in [0.05, 0.1) is 0 Å². The molecule has 0 bridgehead atoms. The Kier molecular flexibility index (Phi) is 2.47. The molecule has 0 spiro atoms. The van der Waals surface area contributed by atoms with Crippen LogP contribution in [0.25, 0.3) is 0 Å². The van der Waals surface area contributed by atoms with Crippen LogP contribution in [-0.2, 0) is 5.72 Å². The number of carbonyl (C=O) groups is 1. The molecule has 19 heavy (non-hydrogen) atoms. The number of aryl methyl sites for hydroxylation is 2. The van der Waals surface area contributed by atoms with Gasteiger partial charge in [-0.25, -0.2) is 0 Å². The fourth-order valence-corrected chi connectivity index (χ4v) is 2.73. The van der Waals surface area contributed by atoms with Crippen molar-refractivity contribution in [1.29, 1.82) is 0 Å². The van der Waals surface area contributed by atoms with Crippen LogP contribution in [0, 0.1) is 13.8 Å². The zero-order chi connectivity index (χ0) is 13.6. The molecule has 3 rings (SSSR count). The lowest BCUT2D eigenvalue weighted by Gasteiger charge is -2.26. The maximum absolute atomic E-state index is 12.0. The van der Waals surface area contributed by atoms with E-state index >= 15 is 0 Å². The van der Waals surface area contributed by atoms with Crippen molar-refractivity contribution in [2.45, 2.75) is 19.6 Å². The van der Waals surface area contributed by atoms with Gasteiger partial charge in [-0.2, -0.15) is 0 Å². The van der Waals surface area contributed by atoms with Crippen molar-refractivity contribution in [3.8, 4) is 0 Å². The first-order chi connectivity index (χ1) is 9.02. The Morgan fingerprint density at radius 1 is 1.05 bits per heavy atom. The third kappa shape index (κ3) is 1.66. The largest absolute Gasteiger partial charge is 0.363 e. The van der Waals surface area contributed by atoms with Crippen molar-refractivity contribution in [2.24, 2.45) is 0 Å². The van der Waals surface area contributed by atoms with Gasteiger partial charge in [0.15, 0.2) is 5.72 Å². The molecule has 1 aliphatic heterocycles. The van der Waals surface area contributed by atoms with Crippen LogP contribution in [0.3, 0.4) is 0 Å². The Morgan fingerprint density at radius 2 is 1.79 bits per heavy atom. The van der Waals surface area contributed by atoms with Crippen molar-refractivity contribution in [1.82, 2.24) is 5.32 Å². The summed E-state index contributed by atoms with van der Waals surface area (Å²) >= 11 is 0. The molecule has 3 nitrogen and oxygen atoms in total. The van der Waals surface area contributed by atoms with E-state index in [0.717, 1.165) is 16.7 Å². The van der Waals surface area contributed by atoms with Crippen molar-refractivity contribution in [2.75, 3.05) is 0 Å². The van der Waals surface area contributed by atoms with E-state index < -0.39 is 5.72 Å². The van der Waals surface area contributed by atoms with Gasteiger partial charge in [-0.15, -0.1) is 0 Å². The molecular weight excluding hydrogens is 238 g/mol. The summed E-state index contributed by atoms with van der Waals surface area (Å²) < 4.78 is 0. The quantitative estimate of drug-likeness (QED) is 0.819. The third-order valence-electron chi connectivity index (χ3n) is 3.63. The number of fused-ring (bicyclic) bond motifs is 1.